The fourth-order valence-electron chi connectivity index (χ4n) is 2.41. The van der Waals surface area contributed by atoms with Crippen LogP contribution in [0.3, 0.4) is 0 Å². The lowest BCUT2D eigenvalue weighted by molar-refractivity contribution is -0.122. The number of aromatic nitrogens is 1. The number of anilines is 1. The summed E-state index contributed by atoms with van der Waals surface area (Å²) in [7, 11) is 0. The van der Waals surface area contributed by atoms with E-state index in [1.165, 1.54) is 6.42 Å². The molecule has 1 fully saturated rings. The van der Waals surface area contributed by atoms with Crippen LogP contribution in [0.2, 0.25) is 0 Å². The second kappa shape index (κ2) is 4.84. The van der Waals surface area contributed by atoms with Crippen LogP contribution in [0.15, 0.2) is 18.5 Å². The molecular formula is C13H19N3O. The molecular weight excluding hydrogens is 214 g/mol. The van der Waals surface area contributed by atoms with E-state index in [0.29, 0.717) is 25.1 Å². The smallest absolute Gasteiger partial charge is 0.138 e. The minimum Gasteiger partial charge on any atom is -0.398 e. The SMILES string of the molecule is NCC1(CC(=O)Cc2cnccc2N)CCC1. The van der Waals surface area contributed by atoms with Crippen LogP contribution in [0.25, 0.3) is 0 Å². The first kappa shape index (κ1) is 12.0. The Labute approximate surface area is 101 Å². The minimum atomic E-state index is 0.0774. The maximum absolute atomic E-state index is 12.0. The average Bonchev–Trinajstić information content (AvgIpc) is 2.27. The van der Waals surface area contributed by atoms with Gasteiger partial charge in [0.1, 0.15) is 5.78 Å². The highest BCUT2D eigenvalue weighted by atomic mass is 16.1. The number of carbonyl (C=O) groups is 1. The van der Waals surface area contributed by atoms with Crippen molar-refractivity contribution < 1.29 is 4.79 Å². The molecule has 92 valence electrons. The average molecular weight is 233 g/mol. The molecule has 0 atom stereocenters. The molecule has 1 aromatic heterocycles. The van der Waals surface area contributed by atoms with E-state index >= 15 is 0 Å². The molecule has 4 N–H and O–H groups in total. The fourth-order valence-corrected chi connectivity index (χ4v) is 2.41. The van der Waals surface area contributed by atoms with Crippen molar-refractivity contribution in [3.8, 4) is 0 Å². The van der Waals surface area contributed by atoms with Gasteiger partial charge in [-0.25, -0.2) is 0 Å². The summed E-state index contributed by atoms with van der Waals surface area (Å²) in [5.41, 5.74) is 13.1. The summed E-state index contributed by atoms with van der Waals surface area (Å²) in [6.07, 6.45) is 7.62. The maximum atomic E-state index is 12.0. The molecule has 1 heterocycles. The molecule has 0 unspecified atom stereocenters. The number of carbonyl (C=O) groups excluding carboxylic acids is 1. The molecule has 0 saturated heterocycles. The number of ketones is 1. The van der Waals surface area contributed by atoms with Crippen molar-refractivity contribution in [3.63, 3.8) is 0 Å². The standard InChI is InChI=1S/C13H19N3O/c14-9-13(3-1-4-13)7-11(17)6-10-8-16-5-2-12(10)15/h2,5,8H,1,3-4,6-7,9,14H2,(H2,15,16). The molecule has 17 heavy (non-hydrogen) atoms. The zero-order valence-electron chi connectivity index (χ0n) is 9.98. The zero-order chi connectivity index (χ0) is 12.3. The molecule has 2 rings (SSSR count). The van der Waals surface area contributed by atoms with Crippen LogP contribution in [-0.4, -0.2) is 17.3 Å². The van der Waals surface area contributed by atoms with Gasteiger partial charge in [-0.3, -0.25) is 9.78 Å². The molecule has 1 aromatic rings. The van der Waals surface area contributed by atoms with Crippen molar-refractivity contribution in [1.82, 2.24) is 4.98 Å². The third kappa shape index (κ3) is 2.64. The van der Waals surface area contributed by atoms with Crippen molar-refractivity contribution >= 4 is 11.5 Å². The molecule has 4 heteroatoms. The second-order valence-electron chi connectivity index (χ2n) is 5.02. The number of rotatable bonds is 5. The van der Waals surface area contributed by atoms with E-state index in [4.69, 9.17) is 11.5 Å². The second-order valence-corrected chi connectivity index (χ2v) is 5.02. The highest BCUT2D eigenvalue weighted by Gasteiger charge is 2.37. The van der Waals surface area contributed by atoms with Gasteiger partial charge in [0.15, 0.2) is 0 Å². The molecule has 1 aliphatic carbocycles. The first-order valence-corrected chi connectivity index (χ1v) is 6.05. The number of pyridine rings is 1. The van der Waals surface area contributed by atoms with Gasteiger partial charge in [-0.05, 0) is 30.9 Å². The van der Waals surface area contributed by atoms with Crippen LogP contribution in [0.1, 0.15) is 31.2 Å². The quantitative estimate of drug-likeness (QED) is 0.803. The Bertz CT molecular complexity index is 407. The molecule has 0 spiro atoms. The van der Waals surface area contributed by atoms with E-state index in [2.05, 4.69) is 4.98 Å². The first-order valence-electron chi connectivity index (χ1n) is 6.05. The lowest BCUT2D eigenvalue weighted by Crippen LogP contribution is -2.39. The number of hydrogen-bond donors (Lipinski definition) is 2. The van der Waals surface area contributed by atoms with Gasteiger partial charge in [0, 0.05) is 36.5 Å². The first-order chi connectivity index (χ1) is 8.15. The van der Waals surface area contributed by atoms with Crippen molar-refractivity contribution in [2.24, 2.45) is 11.1 Å². The van der Waals surface area contributed by atoms with Gasteiger partial charge >= 0.3 is 0 Å². The maximum Gasteiger partial charge on any atom is 0.138 e. The van der Waals surface area contributed by atoms with Crippen LogP contribution in [0, 0.1) is 5.41 Å². The molecule has 0 bridgehead atoms. The normalized spacial score (nSPS) is 17.5. The topological polar surface area (TPSA) is 82.0 Å². The van der Waals surface area contributed by atoms with Crippen molar-refractivity contribution in [2.45, 2.75) is 32.1 Å². The van der Waals surface area contributed by atoms with Crippen molar-refractivity contribution in [1.29, 1.82) is 0 Å². The Balaban J connectivity index is 1.96. The van der Waals surface area contributed by atoms with Crippen LogP contribution in [0.4, 0.5) is 5.69 Å². The lowest BCUT2D eigenvalue weighted by Gasteiger charge is -2.40. The highest BCUT2D eigenvalue weighted by Crippen LogP contribution is 2.43. The van der Waals surface area contributed by atoms with Gasteiger partial charge in [0.25, 0.3) is 0 Å². The van der Waals surface area contributed by atoms with E-state index in [1.807, 2.05) is 0 Å². The van der Waals surface area contributed by atoms with E-state index in [1.54, 1.807) is 18.5 Å². The monoisotopic (exact) mass is 233 g/mol. The van der Waals surface area contributed by atoms with Gasteiger partial charge in [0.05, 0.1) is 0 Å². The minimum absolute atomic E-state index is 0.0774. The van der Waals surface area contributed by atoms with E-state index < -0.39 is 0 Å². The third-order valence-corrected chi connectivity index (χ3v) is 3.75. The summed E-state index contributed by atoms with van der Waals surface area (Å²) < 4.78 is 0. The Morgan fingerprint density at radius 3 is 2.76 bits per heavy atom. The third-order valence-electron chi connectivity index (χ3n) is 3.75. The summed E-state index contributed by atoms with van der Waals surface area (Å²) in [6.45, 7) is 0.612. The van der Waals surface area contributed by atoms with Gasteiger partial charge < -0.3 is 11.5 Å². The number of nitrogens with zero attached hydrogens (tertiary/aromatic N) is 1. The van der Waals surface area contributed by atoms with Crippen LogP contribution in [-0.2, 0) is 11.2 Å². The largest absolute Gasteiger partial charge is 0.398 e. The van der Waals surface area contributed by atoms with E-state index in [0.717, 1.165) is 18.4 Å². The summed E-state index contributed by atoms with van der Waals surface area (Å²) in [5, 5.41) is 0. The number of hydrogen-bond acceptors (Lipinski definition) is 4. The zero-order valence-corrected chi connectivity index (χ0v) is 9.98. The van der Waals surface area contributed by atoms with Crippen LogP contribution in [0.5, 0.6) is 0 Å². The van der Waals surface area contributed by atoms with Gasteiger partial charge in [-0.1, -0.05) is 6.42 Å². The molecule has 1 aliphatic rings. The van der Waals surface area contributed by atoms with Gasteiger partial charge in [-0.15, -0.1) is 0 Å². The van der Waals surface area contributed by atoms with Crippen molar-refractivity contribution in [2.75, 3.05) is 12.3 Å². The number of Topliss-reactive ketones (excluding diaryl/α,β-unsaturated/α-hetero) is 1. The Morgan fingerprint density at radius 2 is 2.24 bits per heavy atom. The summed E-state index contributed by atoms with van der Waals surface area (Å²) in [6, 6.07) is 1.73. The molecule has 0 radical (unpaired) electrons. The fraction of sp³-hybridized carbons (Fsp3) is 0.538. The Kier molecular flexibility index (Phi) is 3.43. The number of nitrogen functional groups attached to an aromatic ring is 1. The predicted octanol–water partition coefficient (Wildman–Crippen LogP) is 1.29. The lowest BCUT2D eigenvalue weighted by atomic mass is 9.65. The van der Waals surface area contributed by atoms with Gasteiger partial charge in [0.2, 0.25) is 0 Å². The van der Waals surface area contributed by atoms with Crippen molar-refractivity contribution in [3.05, 3.63) is 24.0 Å². The van der Waals surface area contributed by atoms with E-state index in [9.17, 15) is 4.79 Å². The van der Waals surface area contributed by atoms with Crippen LogP contribution >= 0.6 is 0 Å². The Hall–Kier alpha value is -1.42. The number of nitrogens with two attached hydrogens (primary N) is 2. The van der Waals surface area contributed by atoms with E-state index in [-0.39, 0.29) is 11.2 Å². The van der Waals surface area contributed by atoms with Crippen LogP contribution < -0.4 is 11.5 Å². The molecule has 4 nitrogen and oxygen atoms in total. The molecule has 0 aliphatic heterocycles. The molecule has 1 saturated carbocycles. The molecule has 0 amide bonds. The summed E-state index contributed by atoms with van der Waals surface area (Å²) in [5.74, 6) is 0.217. The molecule has 0 aromatic carbocycles. The summed E-state index contributed by atoms with van der Waals surface area (Å²) in [4.78, 5) is 16.0. The Morgan fingerprint density at radius 1 is 1.47 bits per heavy atom. The predicted molar refractivity (Wildman–Crippen MR) is 67.3 cm³/mol. The highest BCUT2D eigenvalue weighted by molar-refractivity contribution is 5.82. The summed E-state index contributed by atoms with van der Waals surface area (Å²) >= 11 is 0. The van der Waals surface area contributed by atoms with Gasteiger partial charge in [-0.2, -0.15) is 0 Å².